The summed E-state index contributed by atoms with van der Waals surface area (Å²) >= 11 is 1.68. The van der Waals surface area contributed by atoms with E-state index in [9.17, 15) is 5.11 Å². The van der Waals surface area contributed by atoms with Crippen molar-refractivity contribution >= 4 is 16.5 Å². The van der Waals surface area contributed by atoms with Gasteiger partial charge in [-0.25, -0.2) is 4.98 Å². The van der Waals surface area contributed by atoms with Crippen LogP contribution in [-0.4, -0.2) is 47.7 Å². The summed E-state index contributed by atoms with van der Waals surface area (Å²) in [5, 5.41) is 12.5. The zero-order valence-electron chi connectivity index (χ0n) is 17.4. The Hall–Kier alpha value is -1.43. The van der Waals surface area contributed by atoms with Crippen LogP contribution >= 0.6 is 11.3 Å². The van der Waals surface area contributed by atoms with E-state index in [2.05, 4.69) is 65.9 Å². The first-order chi connectivity index (χ1) is 13.4. The van der Waals surface area contributed by atoms with E-state index < -0.39 is 0 Å². The Morgan fingerprint density at radius 3 is 2.64 bits per heavy atom. The van der Waals surface area contributed by atoms with E-state index in [1.54, 1.807) is 11.3 Å². The summed E-state index contributed by atoms with van der Waals surface area (Å²) in [6.07, 6.45) is 2.38. The van der Waals surface area contributed by atoms with Gasteiger partial charge in [0.1, 0.15) is 0 Å². The fraction of sp³-hybridized carbons (Fsp3) is 0.609. The molecule has 2 unspecified atom stereocenters. The third-order valence-electron chi connectivity index (χ3n) is 6.25. The second kappa shape index (κ2) is 7.77. The Balaban J connectivity index is 1.51. The van der Waals surface area contributed by atoms with Gasteiger partial charge < -0.3 is 14.9 Å². The van der Waals surface area contributed by atoms with Crippen LogP contribution in [0.15, 0.2) is 35.7 Å². The highest BCUT2D eigenvalue weighted by Crippen LogP contribution is 2.48. The summed E-state index contributed by atoms with van der Waals surface area (Å²) in [4.78, 5) is 9.83. The van der Waals surface area contributed by atoms with Gasteiger partial charge in [0.2, 0.25) is 0 Å². The number of rotatable bonds is 6. The molecule has 0 bridgehead atoms. The van der Waals surface area contributed by atoms with Crippen molar-refractivity contribution in [3.63, 3.8) is 0 Å². The second-order valence-electron chi connectivity index (χ2n) is 9.94. The Morgan fingerprint density at radius 2 is 1.96 bits per heavy atom. The Morgan fingerprint density at radius 1 is 1.18 bits per heavy atom. The number of nitrogens with zero attached hydrogens (tertiary/aromatic N) is 3. The summed E-state index contributed by atoms with van der Waals surface area (Å²) in [5.74, 6) is 0.694. The van der Waals surface area contributed by atoms with Crippen molar-refractivity contribution in [3.8, 4) is 0 Å². The zero-order valence-corrected chi connectivity index (χ0v) is 18.2. The zero-order chi connectivity index (χ0) is 19.8. The first-order valence-electron chi connectivity index (χ1n) is 10.4. The summed E-state index contributed by atoms with van der Waals surface area (Å²) in [7, 11) is 0. The van der Waals surface area contributed by atoms with Crippen molar-refractivity contribution in [1.29, 1.82) is 0 Å². The van der Waals surface area contributed by atoms with Crippen molar-refractivity contribution in [2.24, 2.45) is 16.7 Å². The highest BCUT2D eigenvalue weighted by molar-refractivity contribution is 7.13. The van der Waals surface area contributed by atoms with Crippen LogP contribution in [0.5, 0.6) is 0 Å². The number of aliphatic hydroxyl groups excluding tert-OH is 1. The average Bonchev–Trinajstić information content (AvgIpc) is 3.31. The van der Waals surface area contributed by atoms with E-state index in [-0.39, 0.29) is 6.61 Å². The lowest BCUT2D eigenvalue weighted by atomic mass is 9.76. The molecule has 2 fully saturated rings. The molecule has 4 rings (SSSR count). The topological polar surface area (TPSA) is 39.6 Å². The SMILES string of the molecule is CC(C)(C)CN1CC2CN(c3nc(CO)cs3)CC2(CCc2ccccc2)C1. The van der Waals surface area contributed by atoms with Crippen LogP contribution in [0.1, 0.15) is 38.4 Å². The van der Waals surface area contributed by atoms with Gasteiger partial charge in [-0.2, -0.15) is 0 Å². The van der Waals surface area contributed by atoms with Crippen LogP contribution in [0.2, 0.25) is 0 Å². The molecular weight excluding hydrogens is 366 g/mol. The Labute approximate surface area is 173 Å². The van der Waals surface area contributed by atoms with Gasteiger partial charge in [-0.15, -0.1) is 11.3 Å². The maximum atomic E-state index is 9.38. The van der Waals surface area contributed by atoms with Crippen LogP contribution in [0, 0.1) is 16.7 Å². The highest BCUT2D eigenvalue weighted by Gasteiger charge is 2.52. The average molecular weight is 400 g/mol. The molecule has 28 heavy (non-hydrogen) atoms. The van der Waals surface area contributed by atoms with Crippen LogP contribution in [-0.2, 0) is 13.0 Å². The van der Waals surface area contributed by atoms with Crippen molar-refractivity contribution in [1.82, 2.24) is 9.88 Å². The van der Waals surface area contributed by atoms with E-state index in [4.69, 9.17) is 0 Å². The highest BCUT2D eigenvalue weighted by atomic mass is 32.1. The smallest absolute Gasteiger partial charge is 0.185 e. The molecule has 152 valence electrons. The fourth-order valence-corrected chi connectivity index (χ4v) is 5.96. The van der Waals surface area contributed by atoms with Crippen LogP contribution in [0.3, 0.4) is 0 Å². The summed E-state index contributed by atoms with van der Waals surface area (Å²) in [5.41, 5.74) is 2.92. The molecule has 1 aromatic carbocycles. The molecule has 0 amide bonds. The van der Waals surface area contributed by atoms with Crippen LogP contribution in [0.25, 0.3) is 0 Å². The van der Waals surface area contributed by atoms with Crippen molar-refractivity contribution < 1.29 is 5.11 Å². The third kappa shape index (κ3) is 4.27. The molecule has 0 aliphatic carbocycles. The number of likely N-dealkylation sites (tertiary alicyclic amines) is 1. The number of benzene rings is 1. The van der Waals surface area contributed by atoms with Gasteiger partial charge in [-0.3, -0.25) is 0 Å². The first-order valence-corrected chi connectivity index (χ1v) is 11.3. The molecule has 1 N–H and O–H groups in total. The quantitative estimate of drug-likeness (QED) is 0.795. The molecule has 0 spiro atoms. The number of aromatic nitrogens is 1. The maximum absolute atomic E-state index is 9.38. The van der Waals surface area contributed by atoms with Gasteiger partial charge in [0.05, 0.1) is 12.3 Å². The van der Waals surface area contributed by atoms with E-state index in [1.807, 2.05) is 5.38 Å². The van der Waals surface area contributed by atoms with Crippen molar-refractivity contribution in [3.05, 3.63) is 47.0 Å². The Bertz CT molecular complexity index is 785. The first kappa shape index (κ1) is 19.9. The van der Waals surface area contributed by atoms with E-state index >= 15 is 0 Å². The van der Waals surface area contributed by atoms with Gasteiger partial charge in [-0.1, -0.05) is 51.1 Å². The predicted molar refractivity (Wildman–Crippen MR) is 117 cm³/mol. The van der Waals surface area contributed by atoms with Crippen LogP contribution < -0.4 is 4.90 Å². The monoisotopic (exact) mass is 399 g/mol. The molecule has 0 radical (unpaired) electrons. The third-order valence-corrected chi connectivity index (χ3v) is 7.20. The van der Waals surface area contributed by atoms with Crippen LogP contribution in [0.4, 0.5) is 5.13 Å². The molecule has 4 nitrogen and oxygen atoms in total. The molecule has 1 aromatic heterocycles. The normalized spacial score (nSPS) is 25.4. The predicted octanol–water partition coefficient (Wildman–Crippen LogP) is 4.05. The lowest BCUT2D eigenvalue weighted by Gasteiger charge is -2.32. The largest absolute Gasteiger partial charge is 0.390 e. The number of hydrogen-bond acceptors (Lipinski definition) is 5. The molecule has 2 aromatic rings. The van der Waals surface area contributed by atoms with Gasteiger partial charge >= 0.3 is 0 Å². The summed E-state index contributed by atoms with van der Waals surface area (Å²) in [6, 6.07) is 10.9. The van der Waals surface area contributed by atoms with Gasteiger partial charge in [-0.05, 0) is 29.7 Å². The molecule has 5 heteroatoms. The summed E-state index contributed by atoms with van der Waals surface area (Å²) < 4.78 is 0. The number of anilines is 1. The summed E-state index contributed by atoms with van der Waals surface area (Å²) in [6.45, 7) is 12.8. The van der Waals surface area contributed by atoms with E-state index in [0.717, 1.165) is 30.3 Å². The fourth-order valence-electron chi connectivity index (χ4n) is 5.14. The number of aliphatic hydroxyl groups is 1. The molecule has 3 heterocycles. The van der Waals surface area contributed by atoms with Gasteiger partial charge in [0.15, 0.2) is 5.13 Å². The van der Waals surface area contributed by atoms with Crippen molar-refractivity contribution in [2.75, 3.05) is 37.6 Å². The number of thiazole rings is 1. The molecular formula is C23H33N3OS. The minimum Gasteiger partial charge on any atom is -0.390 e. The van der Waals surface area contributed by atoms with Gasteiger partial charge in [0.25, 0.3) is 0 Å². The minimum absolute atomic E-state index is 0.0340. The lowest BCUT2D eigenvalue weighted by Crippen LogP contribution is -2.37. The lowest BCUT2D eigenvalue weighted by molar-refractivity contribution is 0.195. The molecule has 2 aliphatic rings. The van der Waals surface area contributed by atoms with Gasteiger partial charge in [0, 0.05) is 43.5 Å². The number of hydrogen-bond donors (Lipinski definition) is 1. The standard InChI is InChI=1S/C23H33N3OS/c1-22(2,3)15-25-11-19-12-26(21-24-20(13-27)14-28-21)17-23(19,16-25)10-9-18-7-5-4-6-8-18/h4-8,14,19,27H,9-13,15-17H2,1-3H3. The second-order valence-corrected chi connectivity index (χ2v) is 10.8. The molecule has 2 saturated heterocycles. The van der Waals surface area contributed by atoms with Crippen molar-refractivity contribution in [2.45, 2.75) is 40.2 Å². The van der Waals surface area contributed by atoms with E-state index in [1.165, 1.54) is 31.6 Å². The molecule has 0 saturated carbocycles. The van der Waals surface area contributed by atoms with E-state index in [0.29, 0.717) is 16.7 Å². The Kier molecular flexibility index (Phi) is 5.51. The number of aryl methyl sites for hydroxylation is 1. The molecule has 2 aliphatic heterocycles. The minimum atomic E-state index is 0.0340. The number of fused-ring (bicyclic) bond motifs is 1. The maximum Gasteiger partial charge on any atom is 0.185 e. The molecule has 2 atom stereocenters.